The maximum Gasteiger partial charge on any atom is 0.159 e. The molecule has 2 heterocycles. The van der Waals surface area contributed by atoms with Crippen LogP contribution in [-0.4, -0.2) is 20.6 Å². The van der Waals surface area contributed by atoms with Crippen LogP contribution in [0.3, 0.4) is 0 Å². The topological polar surface area (TPSA) is 56.7 Å². The maximum absolute atomic E-state index is 6.18. The van der Waals surface area contributed by atoms with Crippen molar-refractivity contribution in [3.8, 4) is 0 Å². The molecule has 0 spiro atoms. The van der Waals surface area contributed by atoms with Gasteiger partial charge in [0.1, 0.15) is 11.3 Å². The number of hydrogen-bond donors (Lipinski definition) is 1. The van der Waals surface area contributed by atoms with Gasteiger partial charge in [-0.05, 0) is 37.8 Å². The zero-order valence-electron chi connectivity index (χ0n) is 10.1. The van der Waals surface area contributed by atoms with Gasteiger partial charge in [0.15, 0.2) is 5.65 Å². The van der Waals surface area contributed by atoms with Crippen molar-refractivity contribution in [2.24, 2.45) is 11.7 Å². The van der Waals surface area contributed by atoms with Gasteiger partial charge in [0.2, 0.25) is 0 Å². The molecule has 1 saturated carbocycles. The molecule has 4 heteroatoms. The summed E-state index contributed by atoms with van der Waals surface area (Å²) in [6.07, 6.45) is 5.26. The van der Waals surface area contributed by atoms with Crippen LogP contribution >= 0.6 is 0 Å². The molecule has 1 aliphatic carbocycles. The van der Waals surface area contributed by atoms with Crippen molar-refractivity contribution in [1.29, 1.82) is 0 Å². The summed E-state index contributed by atoms with van der Waals surface area (Å²) in [5.74, 6) is 1.80. The molecule has 0 amide bonds. The molecule has 0 radical (unpaired) electrons. The SMILES string of the molecule is CCn1c(CC(N)C2CC2)nc2cccnc21. The lowest BCUT2D eigenvalue weighted by Gasteiger charge is -2.10. The number of pyridine rings is 1. The molecule has 1 fully saturated rings. The van der Waals surface area contributed by atoms with Crippen LogP contribution in [0.2, 0.25) is 0 Å². The van der Waals surface area contributed by atoms with Crippen molar-refractivity contribution >= 4 is 11.2 Å². The minimum Gasteiger partial charge on any atom is -0.327 e. The van der Waals surface area contributed by atoms with Gasteiger partial charge in [-0.2, -0.15) is 0 Å². The fourth-order valence-electron chi connectivity index (χ4n) is 2.40. The quantitative estimate of drug-likeness (QED) is 0.870. The average Bonchev–Trinajstić information content (AvgIpc) is 3.11. The molecule has 4 nitrogen and oxygen atoms in total. The summed E-state index contributed by atoms with van der Waals surface area (Å²) in [5.41, 5.74) is 8.14. The zero-order chi connectivity index (χ0) is 11.8. The number of fused-ring (bicyclic) bond motifs is 1. The summed E-state index contributed by atoms with van der Waals surface area (Å²) >= 11 is 0. The Hall–Kier alpha value is -1.42. The first-order valence-corrected chi connectivity index (χ1v) is 6.35. The lowest BCUT2D eigenvalue weighted by atomic mass is 10.1. The van der Waals surface area contributed by atoms with Crippen LogP contribution in [0.25, 0.3) is 11.2 Å². The third-order valence-corrected chi connectivity index (χ3v) is 3.54. The van der Waals surface area contributed by atoms with E-state index in [4.69, 9.17) is 5.73 Å². The highest BCUT2D eigenvalue weighted by Crippen LogP contribution is 2.33. The van der Waals surface area contributed by atoms with Gasteiger partial charge < -0.3 is 10.3 Å². The van der Waals surface area contributed by atoms with Gasteiger partial charge >= 0.3 is 0 Å². The van der Waals surface area contributed by atoms with E-state index in [1.165, 1.54) is 12.8 Å². The highest BCUT2D eigenvalue weighted by molar-refractivity contribution is 5.71. The second-order valence-electron chi connectivity index (χ2n) is 4.82. The predicted molar refractivity (Wildman–Crippen MR) is 67.6 cm³/mol. The van der Waals surface area contributed by atoms with Gasteiger partial charge in [0.25, 0.3) is 0 Å². The Morgan fingerprint density at radius 3 is 3.06 bits per heavy atom. The van der Waals surface area contributed by atoms with Gasteiger partial charge in [-0.25, -0.2) is 9.97 Å². The van der Waals surface area contributed by atoms with E-state index in [9.17, 15) is 0 Å². The van der Waals surface area contributed by atoms with Gasteiger partial charge in [-0.1, -0.05) is 0 Å². The maximum atomic E-state index is 6.18. The highest BCUT2D eigenvalue weighted by Gasteiger charge is 2.29. The predicted octanol–water partition coefficient (Wildman–Crippen LogP) is 1.73. The third kappa shape index (κ3) is 1.93. The van der Waals surface area contributed by atoms with Crippen LogP contribution in [0, 0.1) is 5.92 Å². The summed E-state index contributed by atoms with van der Waals surface area (Å²) in [6, 6.07) is 4.21. The summed E-state index contributed by atoms with van der Waals surface area (Å²) in [4.78, 5) is 9.05. The first kappa shape index (κ1) is 10.7. The van der Waals surface area contributed by atoms with Crippen molar-refractivity contribution in [2.45, 2.75) is 38.8 Å². The smallest absolute Gasteiger partial charge is 0.159 e. The number of nitrogens with zero attached hydrogens (tertiary/aromatic N) is 3. The van der Waals surface area contributed by atoms with Crippen molar-refractivity contribution < 1.29 is 0 Å². The van der Waals surface area contributed by atoms with Crippen LogP contribution in [0.15, 0.2) is 18.3 Å². The minimum atomic E-state index is 0.261. The Morgan fingerprint density at radius 1 is 1.53 bits per heavy atom. The van der Waals surface area contributed by atoms with Gasteiger partial charge in [-0.15, -0.1) is 0 Å². The molecule has 2 N–H and O–H groups in total. The van der Waals surface area contributed by atoms with Crippen LogP contribution in [0.5, 0.6) is 0 Å². The van der Waals surface area contributed by atoms with Crippen LogP contribution in [0.1, 0.15) is 25.6 Å². The fourth-order valence-corrected chi connectivity index (χ4v) is 2.40. The lowest BCUT2D eigenvalue weighted by Crippen LogP contribution is -2.26. The number of rotatable bonds is 4. The molecule has 2 aromatic rings. The molecule has 0 aromatic carbocycles. The summed E-state index contributed by atoms with van der Waals surface area (Å²) in [6.45, 7) is 3.03. The van der Waals surface area contributed by atoms with Gasteiger partial charge in [-0.3, -0.25) is 0 Å². The largest absolute Gasteiger partial charge is 0.327 e. The van der Waals surface area contributed by atoms with E-state index in [0.717, 1.165) is 30.0 Å². The van der Waals surface area contributed by atoms with Crippen molar-refractivity contribution in [1.82, 2.24) is 14.5 Å². The second kappa shape index (κ2) is 4.11. The van der Waals surface area contributed by atoms with E-state index in [2.05, 4.69) is 21.5 Å². The Bertz CT molecular complexity index is 527. The molecule has 90 valence electrons. The molecule has 3 rings (SSSR count). The number of aryl methyl sites for hydroxylation is 1. The highest BCUT2D eigenvalue weighted by atomic mass is 15.1. The normalized spacial score (nSPS) is 17.5. The molecular weight excluding hydrogens is 212 g/mol. The van der Waals surface area contributed by atoms with Crippen molar-refractivity contribution in [3.63, 3.8) is 0 Å². The summed E-state index contributed by atoms with van der Waals surface area (Å²) < 4.78 is 2.18. The minimum absolute atomic E-state index is 0.261. The Kier molecular flexibility index (Phi) is 2.59. The number of hydrogen-bond acceptors (Lipinski definition) is 3. The third-order valence-electron chi connectivity index (χ3n) is 3.54. The monoisotopic (exact) mass is 230 g/mol. The molecule has 0 aliphatic heterocycles. The van der Waals surface area contributed by atoms with E-state index in [1.54, 1.807) is 0 Å². The molecule has 2 aromatic heterocycles. The van der Waals surface area contributed by atoms with E-state index >= 15 is 0 Å². The van der Waals surface area contributed by atoms with E-state index in [0.29, 0.717) is 5.92 Å². The Morgan fingerprint density at radius 2 is 2.35 bits per heavy atom. The van der Waals surface area contributed by atoms with Gasteiger partial charge in [0, 0.05) is 25.2 Å². The second-order valence-corrected chi connectivity index (χ2v) is 4.82. The standard InChI is InChI=1S/C13H18N4/c1-2-17-12(8-10(14)9-5-6-9)16-11-4-3-7-15-13(11)17/h3-4,7,9-10H,2,5-6,8,14H2,1H3. The number of nitrogens with two attached hydrogens (primary N) is 1. The molecule has 0 bridgehead atoms. The van der Waals surface area contributed by atoms with Crippen LogP contribution < -0.4 is 5.73 Å². The first-order chi connectivity index (χ1) is 8.29. The van der Waals surface area contributed by atoms with E-state index < -0.39 is 0 Å². The van der Waals surface area contributed by atoms with Crippen LogP contribution in [-0.2, 0) is 13.0 Å². The Balaban J connectivity index is 1.96. The molecule has 1 aliphatic rings. The summed E-state index contributed by atoms with van der Waals surface area (Å²) in [7, 11) is 0. The summed E-state index contributed by atoms with van der Waals surface area (Å²) in [5, 5.41) is 0. The molecule has 0 saturated heterocycles. The molecule has 1 atom stereocenters. The fraction of sp³-hybridized carbons (Fsp3) is 0.538. The first-order valence-electron chi connectivity index (χ1n) is 6.35. The van der Waals surface area contributed by atoms with Gasteiger partial charge in [0.05, 0.1) is 0 Å². The van der Waals surface area contributed by atoms with E-state index in [1.807, 2.05) is 18.3 Å². The van der Waals surface area contributed by atoms with E-state index in [-0.39, 0.29) is 6.04 Å². The van der Waals surface area contributed by atoms with Crippen molar-refractivity contribution in [3.05, 3.63) is 24.2 Å². The van der Waals surface area contributed by atoms with Crippen LogP contribution in [0.4, 0.5) is 0 Å². The lowest BCUT2D eigenvalue weighted by molar-refractivity contribution is 0.556. The number of aromatic nitrogens is 3. The number of imidazole rings is 1. The van der Waals surface area contributed by atoms with Crippen molar-refractivity contribution in [2.75, 3.05) is 0 Å². The molecule has 17 heavy (non-hydrogen) atoms. The average molecular weight is 230 g/mol. The molecular formula is C13H18N4. The zero-order valence-corrected chi connectivity index (χ0v) is 10.1. The molecule has 1 unspecified atom stereocenters. The Labute approximate surface area is 101 Å².